The first-order valence-corrected chi connectivity index (χ1v) is 7.58. The molecule has 6 heteroatoms. The summed E-state index contributed by atoms with van der Waals surface area (Å²) in [7, 11) is 0. The van der Waals surface area contributed by atoms with Crippen molar-refractivity contribution in [2.75, 3.05) is 13.1 Å². The number of imide groups is 1. The van der Waals surface area contributed by atoms with Crippen LogP contribution in [0.5, 0.6) is 0 Å². The summed E-state index contributed by atoms with van der Waals surface area (Å²) in [5, 5.41) is 5.06. The Morgan fingerprint density at radius 3 is 2.82 bits per heavy atom. The molecule has 0 unspecified atom stereocenters. The minimum atomic E-state index is -0.870. The van der Waals surface area contributed by atoms with Crippen molar-refractivity contribution in [1.82, 2.24) is 15.5 Å². The van der Waals surface area contributed by atoms with Crippen molar-refractivity contribution in [1.29, 1.82) is 0 Å². The maximum atomic E-state index is 13.8. The molecule has 1 aromatic rings. The third kappa shape index (κ3) is 2.70. The Kier molecular flexibility index (Phi) is 3.87. The molecule has 3 amide bonds. The number of piperidine rings is 1. The predicted octanol–water partition coefficient (Wildman–Crippen LogP) is 1.64. The second-order valence-corrected chi connectivity index (χ2v) is 6.28. The Labute approximate surface area is 128 Å². The van der Waals surface area contributed by atoms with E-state index in [1.807, 2.05) is 6.07 Å². The van der Waals surface area contributed by atoms with Crippen LogP contribution in [0.25, 0.3) is 0 Å². The van der Waals surface area contributed by atoms with Crippen molar-refractivity contribution in [3.05, 3.63) is 35.6 Å². The van der Waals surface area contributed by atoms with Gasteiger partial charge in [-0.2, -0.15) is 0 Å². The second-order valence-electron chi connectivity index (χ2n) is 6.28. The quantitative estimate of drug-likeness (QED) is 0.835. The van der Waals surface area contributed by atoms with E-state index >= 15 is 0 Å². The van der Waals surface area contributed by atoms with Crippen molar-refractivity contribution in [2.45, 2.75) is 31.8 Å². The molecule has 5 nitrogen and oxygen atoms in total. The lowest BCUT2D eigenvalue weighted by atomic mass is 9.80. The molecule has 0 saturated carbocycles. The summed E-state index contributed by atoms with van der Waals surface area (Å²) in [6.07, 6.45) is 1.80. The summed E-state index contributed by atoms with van der Waals surface area (Å²) in [5.41, 5.74) is -0.210. The van der Waals surface area contributed by atoms with E-state index in [9.17, 15) is 14.0 Å². The summed E-state index contributed by atoms with van der Waals surface area (Å²) in [6.45, 7) is 3.83. The van der Waals surface area contributed by atoms with Gasteiger partial charge >= 0.3 is 6.03 Å². The van der Waals surface area contributed by atoms with Crippen molar-refractivity contribution in [2.24, 2.45) is 5.92 Å². The lowest BCUT2D eigenvalue weighted by Gasteiger charge is -2.39. The van der Waals surface area contributed by atoms with Gasteiger partial charge in [0.25, 0.3) is 5.91 Å². The van der Waals surface area contributed by atoms with Crippen LogP contribution in [0.4, 0.5) is 9.18 Å². The fraction of sp³-hybridized carbons (Fsp3) is 0.500. The van der Waals surface area contributed by atoms with Gasteiger partial charge in [0.2, 0.25) is 0 Å². The second kappa shape index (κ2) is 5.68. The van der Waals surface area contributed by atoms with E-state index < -0.39 is 11.6 Å². The number of rotatable bonds is 3. The highest BCUT2D eigenvalue weighted by Crippen LogP contribution is 2.30. The maximum Gasteiger partial charge on any atom is 0.322 e. The van der Waals surface area contributed by atoms with Crippen LogP contribution in [0, 0.1) is 11.7 Å². The number of halogens is 1. The van der Waals surface area contributed by atoms with E-state index in [-0.39, 0.29) is 17.6 Å². The van der Waals surface area contributed by atoms with Crippen LogP contribution >= 0.6 is 0 Å². The molecule has 0 spiro atoms. The topological polar surface area (TPSA) is 61.4 Å². The third-order valence-electron chi connectivity index (χ3n) is 4.75. The highest BCUT2D eigenvalue weighted by Gasteiger charge is 2.48. The summed E-state index contributed by atoms with van der Waals surface area (Å²) >= 11 is 0. The zero-order valence-electron chi connectivity index (χ0n) is 12.6. The number of benzene rings is 1. The number of amides is 3. The molecule has 2 heterocycles. The van der Waals surface area contributed by atoms with Gasteiger partial charge in [-0.25, -0.2) is 9.18 Å². The molecular formula is C16H20FN3O2. The Balaban J connectivity index is 1.71. The van der Waals surface area contributed by atoms with Gasteiger partial charge in [0.05, 0.1) is 0 Å². The molecule has 1 aromatic carbocycles. The SMILES string of the molecule is C[C@@]1([C@@H]2CCCN(Cc3ccccc3F)C2)NC(=O)NC1=O. The number of carbonyl (C=O) groups excluding carboxylic acids is 2. The minimum Gasteiger partial charge on any atom is -0.323 e. The smallest absolute Gasteiger partial charge is 0.322 e. The third-order valence-corrected chi connectivity index (χ3v) is 4.75. The molecule has 118 valence electrons. The van der Waals surface area contributed by atoms with Crippen LogP contribution in [0.1, 0.15) is 25.3 Å². The lowest BCUT2D eigenvalue weighted by Crippen LogP contribution is -2.55. The summed E-state index contributed by atoms with van der Waals surface area (Å²) in [6, 6.07) is 6.31. The molecule has 2 saturated heterocycles. The van der Waals surface area contributed by atoms with Gasteiger partial charge in [-0.3, -0.25) is 15.0 Å². The average Bonchev–Trinajstić information content (AvgIpc) is 2.76. The first-order chi connectivity index (χ1) is 10.5. The van der Waals surface area contributed by atoms with E-state index in [1.165, 1.54) is 6.07 Å². The standard InChI is InChI=1S/C16H20FN3O2/c1-16(14(21)18-15(22)19-16)12-6-4-8-20(10-12)9-11-5-2-3-7-13(11)17/h2-3,5,7,12H,4,6,8-10H2,1H3,(H2,18,19,21,22)/t12-,16+/m1/s1. The van der Waals surface area contributed by atoms with Gasteiger partial charge in [-0.15, -0.1) is 0 Å². The highest BCUT2D eigenvalue weighted by atomic mass is 19.1. The molecule has 2 aliphatic rings. The van der Waals surface area contributed by atoms with Crippen molar-refractivity contribution >= 4 is 11.9 Å². The number of likely N-dealkylation sites (tertiary alicyclic amines) is 1. The average molecular weight is 305 g/mol. The van der Waals surface area contributed by atoms with E-state index in [2.05, 4.69) is 15.5 Å². The van der Waals surface area contributed by atoms with Crippen LogP contribution in [0.2, 0.25) is 0 Å². The van der Waals surface area contributed by atoms with Gasteiger partial charge in [0.1, 0.15) is 11.4 Å². The Bertz CT molecular complexity index is 607. The van der Waals surface area contributed by atoms with Crippen LogP contribution in [0.3, 0.4) is 0 Å². The molecule has 2 aliphatic heterocycles. The minimum absolute atomic E-state index is 0.0273. The van der Waals surface area contributed by atoms with Gasteiger partial charge in [-0.05, 0) is 32.4 Å². The number of hydrogen-bond acceptors (Lipinski definition) is 3. The Hall–Kier alpha value is -1.95. The fourth-order valence-electron chi connectivity index (χ4n) is 3.38. The van der Waals surface area contributed by atoms with Gasteiger partial charge in [0, 0.05) is 24.6 Å². The normalized spacial score (nSPS) is 29.3. The number of carbonyl (C=O) groups is 2. The Morgan fingerprint density at radius 2 is 2.14 bits per heavy atom. The van der Waals surface area contributed by atoms with Gasteiger partial charge < -0.3 is 5.32 Å². The molecule has 0 bridgehead atoms. The van der Waals surface area contributed by atoms with Crippen molar-refractivity contribution in [3.8, 4) is 0 Å². The Morgan fingerprint density at radius 1 is 1.36 bits per heavy atom. The largest absolute Gasteiger partial charge is 0.323 e. The van der Waals surface area contributed by atoms with Crippen LogP contribution < -0.4 is 10.6 Å². The monoisotopic (exact) mass is 305 g/mol. The van der Waals surface area contributed by atoms with E-state index in [0.717, 1.165) is 19.4 Å². The maximum absolute atomic E-state index is 13.8. The van der Waals surface area contributed by atoms with Gasteiger partial charge in [0.15, 0.2) is 0 Å². The number of nitrogens with one attached hydrogen (secondary N) is 2. The molecular weight excluding hydrogens is 285 g/mol. The molecule has 0 aromatic heterocycles. The molecule has 2 N–H and O–H groups in total. The number of urea groups is 1. The number of hydrogen-bond donors (Lipinski definition) is 2. The summed E-state index contributed by atoms with van der Waals surface area (Å²) in [4.78, 5) is 25.6. The van der Waals surface area contributed by atoms with Crippen LogP contribution in [-0.2, 0) is 11.3 Å². The van der Waals surface area contributed by atoms with E-state index in [4.69, 9.17) is 0 Å². The zero-order valence-corrected chi connectivity index (χ0v) is 12.6. The molecule has 22 heavy (non-hydrogen) atoms. The lowest BCUT2D eigenvalue weighted by molar-refractivity contribution is -0.126. The highest BCUT2D eigenvalue weighted by molar-refractivity contribution is 6.06. The summed E-state index contributed by atoms with van der Waals surface area (Å²) < 4.78 is 13.8. The predicted molar refractivity (Wildman–Crippen MR) is 79.5 cm³/mol. The molecule has 3 rings (SSSR count). The zero-order chi connectivity index (χ0) is 15.7. The van der Waals surface area contributed by atoms with Gasteiger partial charge in [-0.1, -0.05) is 18.2 Å². The van der Waals surface area contributed by atoms with Crippen LogP contribution in [0.15, 0.2) is 24.3 Å². The number of nitrogens with zero attached hydrogens (tertiary/aromatic N) is 1. The van der Waals surface area contributed by atoms with E-state index in [0.29, 0.717) is 18.7 Å². The van der Waals surface area contributed by atoms with Crippen LogP contribution in [-0.4, -0.2) is 35.5 Å². The first-order valence-electron chi connectivity index (χ1n) is 7.58. The van der Waals surface area contributed by atoms with E-state index in [1.54, 1.807) is 19.1 Å². The molecule has 2 atom stereocenters. The fourth-order valence-corrected chi connectivity index (χ4v) is 3.38. The molecule has 0 radical (unpaired) electrons. The molecule has 0 aliphatic carbocycles. The van der Waals surface area contributed by atoms with Crippen molar-refractivity contribution < 1.29 is 14.0 Å². The first kappa shape index (κ1) is 15.0. The summed E-state index contributed by atoms with van der Waals surface area (Å²) in [5.74, 6) is -0.447. The van der Waals surface area contributed by atoms with Crippen molar-refractivity contribution in [3.63, 3.8) is 0 Å². The molecule has 2 fully saturated rings.